The van der Waals surface area contributed by atoms with Gasteiger partial charge in [-0.2, -0.15) is 0 Å². The Labute approximate surface area is 86.3 Å². The van der Waals surface area contributed by atoms with Crippen molar-refractivity contribution in [2.24, 2.45) is 0 Å². The van der Waals surface area contributed by atoms with Crippen LogP contribution in [0.1, 0.15) is 12.2 Å². The zero-order chi connectivity index (χ0) is 10.8. The Morgan fingerprint density at radius 3 is 3.00 bits per heavy atom. The first-order valence-corrected chi connectivity index (χ1v) is 4.78. The van der Waals surface area contributed by atoms with Gasteiger partial charge < -0.3 is 9.52 Å². The van der Waals surface area contributed by atoms with Crippen LogP contribution in [0.3, 0.4) is 0 Å². The second-order valence-electron chi connectivity index (χ2n) is 3.67. The number of likely N-dealkylation sites (tertiary alicyclic amines) is 1. The van der Waals surface area contributed by atoms with Crippen LogP contribution in [-0.2, 0) is 6.54 Å². The molecule has 2 rings (SSSR count). The number of aliphatic hydroxyl groups excluding tert-OH is 1. The van der Waals surface area contributed by atoms with E-state index < -0.39 is 4.92 Å². The predicted molar refractivity (Wildman–Crippen MR) is 51.3 cm³/mol. The molecule has 1 saturated heterocycles. The van der Waals surface area contributed by atoms with Crippen LogP contribution < -0.4 is 0 Å². The Kier molecular flexibility index (Phi) is 2.70. The highest BCUT2D eigenvalue weighted by atomic mass is 16.6. The molecule has 6 nitrogen and oxygen atoms in total. The molecule has 1 aromatic heterocycles. The molecule has 0 spiro atoms. The third kappa shape index (κ3) is 2.34. The molecule has 1 aliphatic heterocycles. The zero-order valence-corrected chi connectivity index (χ0v) is 8.13. The van der Waals surface area contributed by atoms with E-state index in [4.69, 9.17) is 4.42 Å². The van der Waals surface area contributed by atoms with Gasteiger partial charge in [-0.25, -0.2) is 0 Å². The molecule has 0 radical (unpaired) electrons. The average Bonchev–Trinajstić information content (AvgIpc) is 2.76. The maximum Gasteiger partial charge on any atom is 0.433 e. The fraction of sp³-hybridized carbons (Fsp3) is 0.556. The van der Waals surface area contributed by atoms with E-state index in [-0.39, 0.29) is 12.0 Å². The van der Waals surface area contributed by atoms with Crippen LogP contribution in [0.2, 0.25) is 0 Å². The fourth-order valence-corrected chi connectivity index (χ4v) is 1.73. The second-order valence-corrected chi connectivity index (χ2v) is 3.67. The molecule has 15 heavy (non-hydrogen) atoms. The predicted octanol–water partition coefficient (Wildman–Crippen LogP) is 0.754. The molecule has 1 fully saturated rings. The van der Waals surface area contributed by atoms with Crippen LogP contribution in [0.15, 0.2) is 16.5 Å². The third-order valence-corrected chi connectivity index (χ3v) is 2.45. The normalized spacial score (nSPS) is 22.1. The van der Waals surface area contributed by atoms with Gasteiger partial charge in [-0.3, -0.25) is 15.0 Å². The van der Waals surface area contributed by atoms with E-state index in [0.29, 0.717) is 18.8 Å². The van der Waals surface area contributed by atoms with Crippen molar-refractivity contribution in [3.05, 3.63) is 28.0 Å². The molecule has 0 aromatic carbocycles. The van der Waals surface area contributed by atoms with Gasteiger partial charge in [0.15, 0.2) is 0 Å². The van der Waals surface area contributed by atoms with E-state index in [9.17, 15) is 15.2 Å². The molecule has 0 amide bonds. The van der Waals surface area contributed by atoms with Crippen LogP contribution in [0.25, 0.3) is 0 Å². The SMILES string of the molecule is O=[N+]([O-])c1ccc(CN2CC[C@@H](O)C2)o1. The lowest BCUT2D eigenvalue weighted by Gasteiger charge is -2.11. The Morgan fingerprint density at radius 1 is 1.67 bits per heavy atom. The standard InChI is InChI=1S/C9H12N2O4/c12-7-3-4-10(5-7)6-8-1-2-9(15-8)11(13)14/h1-2,7,12H,3-6H2/t7-/m1/s1. The summed E-state index contributed by atoms with van der Waals surface area (Å²) < 4.78 is 5.02. The first-order chi connectivity index (χ1) is 7.15. The summed E-state index contributed by atoms with van der Waals surface area (Å²) in [6.07, 6.45) is 0.470. The van der Waals surface area contributed by atoms with Gasteiger partial charge in [0.1, 0.15) is 10.7 Å². The summed E-state index contributed by atoms with van der Waals surface area (Å²) in [5.41, 5.74) is 0. The topological polar surface area (TPSA) is 79.8 Å². The number of furan rings is 1. The molecule has 1 aliphatic rings. The van der Waals surface area contributed by atoms with Crippen molar-refractivity contribution in [1.29, 1.82) is 0 Å². The largest absolute Gasteiger partial charge is 0.433 e. The van der Waals surface area contributed by atoms with Gasteiger partial charge in [-0.05, 0) is 12.5 Å². The van der Waals surface area contributed by atoms with Crippen molar-refractivity contribution in [2.75, 3.05) is 13.1 Å². The van der Waals surface area contributed by atoms with Crippen molar-refractivity contribution in [3.63, 3.8) is 0 Å². The van der Waals surface area contributed by atoms with E-state index >= 15 is 0 Å². The van der Waals surface area contributed by atoms with Gasteiger partial charge in [0, 0.05) is 13.1 Å². The molecular formula is C9H12N2O4. The van der Waals surface area contributed by atoms with Gasteiger partial charge in [-0.1, -0.05) is 0 Å². The third-order valence-electron chi connectivity index (χ3n) is 2.45. The first kappa shape index (κ1) is 10.1. The first-order valence-electron chi connectivity index (χ1n) is 4.78. The quantitative estimate of drug-likeness (QED) is 0.590. The van der Waals surface area contributed by atoms with Gasteiger partial charge in [0.2, 0.25) is 0 Å². The monoisotopic (exact) mass is 212 g/mol. The molecule has 0 bridgehead atoms. The number of nitrogens with zero attached hydrogens (tertiary/aromatic N) is 2. The summed E-state index contributed by atoms with van der Waals surface area (Å²) in [6.45, 7) is 1.93. The molecule has 6 heteroatoms. The molecule has 1 N–H and O–H groups in total. The minimum Gasteiger partial charge on any atom is -0.404 e. The molecule has 1 aromatic rings. The van der Waals surface area contributed by atoms with Crippen molar-refractivity contribution in [2.45, 2.75) is 19.1 Å². The lowest BCUT2D eigenvalue weighted by molar-refractivity contribution is -0.402. The summed E-state index contributed by atoms with van der Waals surface area (Å²) >= 11 is 0. The van der Waals surface area contributed by atoms with Crippen molar-refractivity contribution in [3.8, 4) is 0 Å². The minimum absolute atomic E-state index is 0.232. The number of β-amino-alcohol motifs (C(OH)–C–C–N with tert-alkyl or cyclic N) is 1. The summed E-state index contributed by atoms with van der Waals surface area (Å²) in [7, 11) is 0. The molecule has 82 valence electrons. The maximum atomic E-state index is 10.4. The van der Waals surface area contributed by atoms with E-state index in [1.54, 1.807) is 6.07 Å². The molecule has 0 unspecified atom stereocenters. The number of nitro groups is 1. The van der Waals surface area contributed by atoms with Crippen LogP contribution >= 0.6 is 0 Å². The molecule has 2 heterocycles. The Balaban J connectivity index is 1.96. The number of hydrogen-bond donors (Lipinski definition) is 1. The highest BCUT2D eigenvalue weighted by Gasteiger charge is 2.22. The molecule has 0 saturated carbocycles. The molecular weight excluding hydrogens is 200 g/mol. The minimum atomic E-state index is -0.553. The van der Waals surface area contributed by atoms with E-state index in [0.717, 1.165) is 13.0 Å². The summed E-state index contributed by atoms with van der Waals surface area (Å²) in [6, 6.07) is 2.95. The van der Waals surface area contributed by atoms with Gasteiger partial charge >= 0.3 is 5.88 Å². The number of aliphatic hydroxyl groups is 1. The molecule has 0 aliphatic carbocycles. The number of rotatable bonds is 3. The Morgan fingerprint density at radius 2 is 2.47 bits per heavy atom. The molecule has 1 atom stereocenters. The van der Waals surface area contributed by atoms with Crippen LogP contribution in [0, 0.1) is 10.1 Å². The lowest BCUT2D eigenvalue weighted by atomic mass is 10.3. The van der Waals surface area contributed by atoms with Crippen molar-refractivity contribution < 1.29 is 14.4 Å². The van der Waals surface area contributed by atoms with E-state index in [1.807, 2.05) is 4.90 Å². The number of hydrogen-bond acceptors (Lipinski definition) is 5. The highest BCUT2D eigenvalue weighted by molar-refractivity contribution is 5.17. The average molecular weight is 212 g/mol. The van der Waals surface area contributed by atoms with Crippen molar-refractivity contribution >= 4 is 5.88 Å². The van der Waals surface area contributed by atoms with Gasteiger partial charge in [0.25, 0.3) is 0 Å². The van der Waals surface area contributed by atoms with Crippen LogP contribution in [-0.4, -0.2) is 34.1 Å². The van der Waals surface area contributed by atoms with E-state index in [1.165, 1.54) is 6.07 Å². The zero-order valence-electron chi connectivity index (χ0n) is 8.13. The smallest absolute Gasteiger partial charge is 0.404 e. The Bertz CT molecular complexity index is 363. The van der Waals surface area contributed by atoms with Gasteiger partial charge in [0.05, 0.1) is 18.7 Å². The van der Waals surface area contributed by atoms with Crippen molar-refractivity contribution in [1.82, 2.24) is 4.90 Å². The Hall–Kier alpha value is -1.40. The summed E-state index contributed by atoms with van der Waals surface area (Å²) in [5, 5.41) is 19.7. The van der Waals surface area contributed by atoms with Crippen LogP contribution in [0.5, 0.6) is 0 Å². The lowest BCUT2D eigenvalue weighted by Crippen LogP contribution is -2.21. The fourth-order valence-electron chi connectivity index (χ4n) is 1.73. The second kappa shape index (κ2) is 4.00. The summed E-state index contributed by atoms with van der Waals surface area (Å²) in [4.78, 5) is 11.8. The van der Waals surface area contributed by atoms with E-state index in [2.05, 4.69) is 0 Å². The maximum absolute atomic E-state index is 10.4. The summed E-state index contributed by atoms with van der Waals surface area (Å²) in [5.74, 6) is 0.334. The van der Waals surface area contributed by atoms with Gasteiger partial charge in [-0.15, -0.1) is 0 Å². The van der Waals surface area contributed by atoms with Crippen LogP contribution in [0.4, 0.5) is 5.88 Å². The highest BCUT2D eigenvalue weighted by Crippen LogP contribution is 2.19.